The van der Waals surface area contributed by atoms with E-state index in [2.05, 4.69) is 5.32 Å². The molecule has 0 heterocycles. The standard InChI is InChI=1S/C13H20N2O3/c1-8-5-12(18-3)9(2)4-10(8)6-15-13(17)11(14)7-16/h4-5,11,16H,6-7,14H2,1-3H3,(H,15,17). The molecule has 0 saturated carbocycles. The molecule has 0 saturated heterocycles. The topological polar surface area (TPSA) is 84.6 Å². The fourth-order valence-corrected chi connectivity index (χ4v) is 1.66. The van der Waals surface area contributed by atoms with Crippen molar-refractivity contribution >= 4 is 5.91 Å². The number of benzene rings is 1. The van der Waals surface area contributed by atoms with E-state index in [9.17, 15) is 4.79 Å². The van der Waals surface area contributed by atoms with Crippen molar-refractivity contribution in [3.8, 4) is 5.75 Å². The van der Waals surface area contributed by atoms with Gasteiger partial charge in [-0.1, -0.05) is 6.07 Å². The van der Waals surface area contributed by atoms with Gasteiger partial charge in [0.05, 0.1) is 13.7 Å². The van der Waals surface area contributed by atoms with E-state index >= 15 is 0 Å². The van der Waals surface area contributed by atoms with Crippen molar-refractivity contribution in [3.05, 3.63) is 28.8 Å². The summed E-state index contributed by atoms with van der Waals surface area (Å²) >= 11 is 0. The van der Waals surface area contributed by atoms with Gasteiger partial charge in [0.1, 0.15) is 11.8 Å². The Hall–Kier alpha value is -1.59. The molecule has 0 fully saturated rings. The molecule has 0 aliphatic heterocycles. The first-order valence-corrected chi connectivity index (χ1v) is 5.77. The maximum Gasteiger partial charge on any atom is 0.239 e. The van der Waals surface area contributed by atoms with Gasteiger partial charge in [0.15, 0.2) is 0 Å². The number of ether oxygens (including phenoxy) is 1. The lowest BCUT2D eigenvalue weighted by Crippen LogP contribution is -2.42. The molecule has 5 heteroatoms. The monoisotopic (exact) mass is 252 g/mol. The number of aliphatic hydroxyl groups excluding tert-OH is 1. The third-order valence-corrected chi connectivity index (χ3v) is 2.84. The minimum absolute atomic E-state index is 0.355. The average molecular weight is 252 g/mol. The SMILES string of the molecule is COc1cc(C)c(CNC(=O)C(N)CO)cc1C. The Morgan fingerprint density at radius 1 is 1.44 bits per heavy atom. The second kappa shape index (κ2) is 6.37. The van der Waals surface area contributed by atoms with Gasteiger partial charge < -0.3 is 20.9 Å². The number of aliphatic hydroxyl groups is 1. The number of hydrogen-bond donors (Lipinski definition) is 3. The third kappa shape index (κ3) is 3.45. The van der Waals surface area contributed by atoms with Crippen LogP contribution < -0.4 is 15.8 Å². The highest BCUT2D eigenvalue weighted by Crippen LogP contribution is 2.22. The van der Waals surface area contributed by atoms with E-state index < -0.39 is 6.04 Å². The smallest absolute Gasteiger partial charge is 0.239 e. The quantitative estimate of drug-likeness (QED) is 0.701. The molecule has 0 aromatic heterocycles. The lowest BCUT2D eigenvalue weighted by Gasteiger charge is -2.13. The Morgan fingerprint density at radius 3 is 2.67 bits per heavy atom. The number of aryl methyl sites for hydroxylation is 2. The van der Waals surface area contributed by atoms with Crippen LogP contribution in [0.4, 0.5) is 0 Å². The largest absolute Gasteiger partial charge is 0.496 e. The molecule has 5 nitrogen and oxygen atoms in total. The highest BCUT2D eigenvalue weighted by Gasteiger charge is 2.12. The molecule has 1 amide bonds. The van der Waals surface area contributed by atoms with Crippen molar-refractivity contribution in [1.29, 1.82) is 0 Å². The summed E-state index contributed by atoms with van der Waals surface area (Å²) in [5.41, 5.74) is 8.47. The molecular weight excluding hydrogens is 232 g/mol. The molecule has 0 radical (unpaired) electrons. The summed E-state index contributed by atoms with van der Waals surface area (Å²) in [6.07, 6.45) is 0. The maximum absolute atomic E-state index is 11.4. The number of carbonyl (C=O) groups excluding carboxylic acids is 1. The average Bonchev–Trinajstić information content (AvgIpc) is 2.37. The van der Waals surface area contributed by atoms with Gasteiger partial charge in [-0.3, -0.25) is 4.79 Å². The fourth-order valence-electron chi connectivity index (χ4n) is 1.66. The van der Waals surface area contributed by atoms with Crippen LogP contribution in [0.1, 0.15) is 16.7 Å². The Labute approximate surface area is 107 Å². The molecule has 0 aliphatic rings. The van der Waals surface area contributed by atoms with E-state index in [4.69, 9.17) is 15.6 Å². The predicted molar refractivity (Wildman–Crippen MR) is 69.4 cm³/mol. The number of hydrogen-bond acceptors (Lipinski definition) is 4. The molecule has 1 aromatic rings. The molecule has 1 aromatic carbocycles. The van der Waals surface area contributed by atoms with Gasteiger partial charge in [0, 0.05) is 6.54 Å². The zero-order chi connectivity index (χ0) is 13.7. The summed E-state index contributed by atoms with van der Waals surface area (Å²) in [6.45, 7) is 3.94. The molecule has 0 bridgehead atoms. The van der Waals surface area contributed by atoms with Crippen LogP contribution in [0, 0.1) is 13.8 Å². The molecular formula is C13H20N2O3. The van der Waals surface area contributed by atoms with Crippen LogP contribution in [-0.2, 0) is 11.3 Å². The molecule has 0 spiro atoms. The van der Waals surface area contributed by atoms with Gasteiger partial charge in [-0.05, 0) is 36.6 Å². The van der Waals surface area contributed by atoms with Gasteiger partial charge in [-0.2, -0.15) is 0 Å². The van der Waals surface area contributed by atoms with Crippen molar-refractivity contribution in [2.75, 3.05) is 13.7 Å². The zero-order valence-corrected chi connectivity index (χ0v) is 11.0. The summed E-state index contributed by atoms with van der Waals surface area (Å²) in [6, 6.07) is 3.03. The van der Waals surface area contributed by atoms with Crippen molar-refractivity contribution in [1.82, 2.24) is 5.32 Å². The number of amides is 1. The van der Waals surface area contributed by atoms with Gasteiger partial charge >= 0.3 is 0 Å². The Bertz CT molecular complexity index is 432. The van der Waals surface area contributed by atoms with E-state index in [1.54, 1.807) is 7.11 Å². The Kier molecular flexibility index (Phi) is 5.12. The second-order valence-corrected chi connectivity index (χ2v) is 4.26. The molecule has 18 heavy (non-hydrogen) atoms. The minimum atomic E-state index is -0.871. The highest BCUT2D eigenvalue weighted by atomic mass is 16.5. The van der Waals surface area contributed by atoms with Gasteiger partial charge in [0.25, 0.3) is 0 Å². The van der Waals surface area contributed by atoms with E-state index in [1.807, 2.05) is 26.0 Å². The van der Waals surface area contributed by atoms with Crippen LogP contribution in [0.25, 0.3) is 0 Å². The fraction of sp³-hybridized carbons (Fsp3) is 0.462. The normalized spacial score (nSPS) is 12.1. The number of rotatable bonds is 5. The van der Waals surface area contributed by atoms with E-state index in [0.29, 0.717) is 6.54 Å². The van der Waals surface area contributed by atoms with Crippen molar-refractivity contribution < 1.29 is 14.6 Å². The summed E-state index contributed by atoms with van der Waals surface area (Å²) in [4.78, 5) is 11.4. The Balaban J connectivity index is 2.74. The molecule has 1 rings (SSSR count). The predicted octanol–water partition coefficient (Wildman–Crippen LogP) is 0.248. The zero-order valence-electron chi connectivity index (χ0n) is 11.0. The Morgan fingerprint density at radius 2 is 2.11 bits per heavy atom. The van der Waals surface area contributed by atoms with Crippen LogP contribution in [-0.4, -0.2) is 30.8 Å². The molecule has 4 N–H and O–H groups in total. The molecule has 1 unspecified atom stereocenters. The van der Waals surface area contributed by atoms with Gasteiger partial charge in [-0.25, -0.2) is 0 Å². The van der Waals surface area contributed by atoms with Crippen molar-refractivity contribution in [3.63, 3.8) is 0 Å². The highest BCUT2D eigenvalue weighted by molar-refractivity contribution is 5.81. The number of nitrogens with two attached hydrogens (primary N) is 1. The molecule has 0 aliphatic carbocycles. The van der Waals surface area contributed by atoms with Crippen LogP contribution in [0.5, 0.6) is 5.75 Å². The van der Waals surface area contributed by atoms with Crippen LogP contribution >= 0.6 is 0 Å². The number of nitrogens with one attached hydrogen (secondary N) is 1. The number of carbonyl (C=O) groups is 1. The first-order chi connectivity index (χ1) is 8.49. The van der Waals surface area contributed by atoms with Crippen molar-refractivity contribution in [2.24, 2.45) is 5.73 Å². The van der Waals surface area contributed by atoms with Crippen LogP contribution in [0.15, 0.2) is 12.1 Å². The first-order valence-electron chi connectivity index (χ1n) is 5.77. The summed E-state index contributed by atoms with van der Waals surface area (Å²) in [7, 11) is 1.63. The first kappa shape index (κ1) is 14.5. The lowest BCUT2D eigenvalue weighted by atomic mass is 10.0. The van der Waals surface area contributed by atoms with Gasteiger partial charge in [-0.15, -0.1) is 0 Å². The minimum Gasteiger partial charge on any atom is -0.496 e. The summed E-state index contributed by atoms with van der Waals surface area (Å²) < 4.78 is 5.22. The van der Waals surface area contributed by atoms with Crippen molar-refractivity contribution in [2.45, 2.75) is 26.4 Å². The van der Waals surface area contributed by atoms with Gasteiger partial charge in [0.2, 0.25) is 5.91 Å². The number of methoxy groups -OCH3 is 1. The van der Waals surface area contributed by atoms with E-state index in [-0.39, 0.29) is 12.5 Å². The second-order valence-electron chi connectivity index (χ2n) is 4.26. The van der Waals surface area contributed by atoms with Crippen LogP contribution in [0.2, 0.25) is 0 Å². The molecule has 1 atom stereocenters. The lowest BCUT2D eigenvalue weighted by molar-refractivity contribution is -0.123. The summed E-state index contributed by atoms with van der Waals surface area (Å²) in [5.74, 6) is 0.472. The molecule has 100 valence electrons. The van der Waals surface area contributed by atoms with E-state index in [1.165, 1.54) is 0 Å². The van der Waals surface area contributed by atoms with E-state index in [0.717, 1.165) is 22.4 Å². The third-order valence-electron chi connectivity index (χ3n) is 2.84. The summed E-state index contributed by atoms with van der Waals surface area (Å²) in [5, 5.41) is 11.5. The maximum atomic E-state index is 11.4. The van der Waals surface area contributed by atoms with Crippen LogP contribution in [0.3, 0.4) is 0 Å².